The van der Waals surface area contributed by atoms with Crippen LogP contribution in [-0.4, -0.2) is 228 Å². The second-order valence-electron chi connectivity index (χ2n) is 18.1. The average Bonchev–Trinajstić information content (AvgIpc) is 3.32. The van der Waals surface area contributed by atoms with E-state index in [4.69, 9.17) is 17.3 Å². The fourth-order valence-electron chi connectivity index (χ4n) is 8.25. The molecule has 12 N–H and O–H groups in total. The van der Waals surface area contributed by atoms with Crippen LogP contribution in [0, 0.1) is 0 Å². The molecule has 2 aromatic carbocycles. The van der Waals surface area contributed by atoms with Crippen molar-refractivity contribution in [3.63, 3.8) is 0 Å². The first-order valence-corrected chi connectivity index (χ1v) is 25.6. The molecule has 27 heteroatoms. The number of β-amino-alcohol motifs (C(OH)–C–C–N with tert-alkyl or cyclic N) is 2. The Labute approximate surface area is 447 Å². The lowest BCUT2D eigenvalue weighted by Crippen LogP contribution is -2.53. The Kier molecular flexibility index (Phi) is 28.5. The first-order chi connectivity index (χ1) is 35.6. The molecule has 2 aromatic rings. The van der Waals surface area contributed by atoms with E-state index in [1.807, 2.05) is 36.4 Å². The van der Waals surface area contributed by atoms with E-state index in [-0.39, 0.29) is 104 Å². The van der Waals surface area contributed by atoms with E-state index in [9.17, 15) is 74.1 Å². The van der Waals surface area contributed by atoms with Gasteiger partial charge in [-0.05, 0) is 92.6 Å². The maximum absolute atomic E-state index is 13.6. The number of aliphatic hydroxyl groups is 2. The van der Waals surface area contributed by atoms with Gasteiger partial charge in [-0.25, -0.2) is 14.4 Å². The fraction of sp³-hybridized carbons (Fsp3) is 0.562. The van der Waals surface area contributed by atoms with Crippen molar-refractivity contribution in [2.45, 2.75) is 88.7 Å². The molecule has 1 heterocycles. The number of thiocarbonyl (C=S) groups is 1. The van der Waals surface area contributed by atoms with Crippen LogP contribution in [0.1, 0.15) is 62.5 Å². The Morgan fingerprint density at radius 3 is 1.79 bits per heavy atom. The molecule has 1 fully saturated rings. The Bertz CT molecular complexity index is 2200. The van der Waals surface area contributed by atoms with Gasteiger partial charge in [-0.1, -0.05) is 40.2 Å². The lowest BCUT2D eigenvalue weighted by Gasteiger charge is -2.38. The van der Waals surface area contributed by atoms with Crippen LogP contribution >= 0.6 is 28.1 Å². The largest absolute Gasteiger partial charge is 0.481 e. The molecule has 3 rings (SSSR count). The third-order valence-electron chi connectivity index (χ3n) is 12.1. The number of carbonyl (C=O) groups is 8. The molecule has 3 unspecified atom stereocenters. The van der Waals surface area contributed by atoms with Crippen molar-refractivity contribution in [2.24, 2.45) is 0 Å². The number of hydrogen-bond acceptors (Lipinski definition) is 15. The fourth-order valence-corrected chi connectivity index (χ4v) is 8.73. The van der Waals surface area contributed by atoms with Gasteiger partial charge in [0.1, 0.15) is 12.1 Å². The predicted molar refractivity (Wildman–Crippen MR) is 279 cm³/mol. The minimum atomic E-state index is -1.68. The number of carboxylic acid groups (broad SMARTS) is 6. The third kappa shape index (κ3) is 26.8. The molecule has 1 aliphatic rings. The molecule has 0 bridgehead atoms. The van der Waals surface area contributed by atoms with E-state index in [0.29, 0.717) is 49.6 Å². The van der Waals surface area contributed by atoms with Crippen molar-refractivity contribution in [3.05, 3.63) is 64.1 Å². The van der Waals surface area contributed by atoms with E-state index in [1.54, 1.807) is 36.6 Å². The zero-order valence-corrected chi connectivity index (χ0v) is 44.0. The van der Waals surface area contributed by atoms with E-state index in [1.165, 1.54) is 0 Å². The van der Waals surface area contributed by atoms with Crippen LogP contribution in [0.15, 0.2) is 53.0 Å². The normalized spacial score (nSPS) is 16.1. The number of benzene rings is 2. The summed E-state index contributed by atoms with van der Waals surface area (Å²) in [5.41, 5.74) is 2.33. The number of anilines is 1. The molecule has 3 amide bonds. The number of hydrogen-bond donors (Lipinski definition) is 12. The van der Waals surface area contributed by atoms with Gasteiger partial charge >= 0.3 is 41.8 Å². The quantitative estimate of drug-likeness (QED) is 0.0293. The van der Waals surface area contributed by atoms with Gasteiger partial charge in [0.15, 0.2) is 11.4 Å². The van der Waals surface area contributed by atoms with Crippen molar-refractivity contribution in [1.82, 2.24) is 40.4 Å². The number of carbonyl (C=O) groups excluding carboxylic acids is 2. The molecule has 0 radical (unpaired) electrons. The molecule has 25 nitrogen and oxygen atoms in total. The number of halogens is 1. The highest BCUT2D eigenvalue weighted by molar-refractivity contribution is 9.10. The zero-order valence-electron chi connectivity index (χ0n) is 41.6. The Balaban J connectivity index is 1.58. The molecule has 1 aliphatic heterocycles. The summed E-state index contributed by atoms with van der Waals surface area (Å²) in [6.45, 7) is 1.27. The molecular weight excluding hydrogens is 1070 g/mol. The first-order valence-electron chi connectivity index (χ1n) is 24.4. The average molecular weight is 1140 g/mol. The van der Waals surface area contributed by atoms with Crippen LogP contribution in [0.4, 0.5) is 10.5 Å². The zero-order chi connectivity index (χ0) is 55.5. The smallest absolute Gasteiger partial charge is 0.326 e. The second kappa shape index (κ2) is 33.8. The molecule has 0 saturated carbocycles. The molecule has 0 aliphatic carbocycles. The number of aliphatic carboxylic acids is 6. The summed E-state index contributed by atoms with van der Waals surface area (Å²) in [5.74, 6) is -7.48. The monoisotopic (exact) mass is 1140 g/mol. The van der Waals surface area contributed by atoms with Crippen molar-refractivity contribution in [2.75, 3.05) is 90.4 Å². The van der Waals surface area contributed by atoms with Crippen LogP contribution < -0.4 is 21.3 Å². The molecule has 3 atom stereocenters. The third-order valence-corrected chi connectivity index (χ3v) is 12.9. The summed E-state index contributed by atoms with van der Waals surface area (Å²) in [7, 11) is 0. The van der Waals surface area contributed by atoms with Crippen molar-refractivity contribution in [1.29, 1.82) is 0 Å². The number of carboxylic acids is 6. The lowest BCUT2D eigenvalue weighted by molar-refractivity contribution is -0.141. The minimum absolute atomic E-state index is 0.0263. The van der Waals surface area contributed by atoms with Crippen LogP contribution in [0.3, 0.4) is 0 Å². The van der Waals surface area contributed by atoms with Crippen LogP contribution in [0.2, 0.25) is 0 Å². The number of urea groups is 1. The van der Waals surface area contributed by atoms with E-state index < -0.39 is 79.1 Å². The van der Waals surface area contributed by atoms with Crippen molar-refractivity contribution >= 4 is 86.7 Å². The second-order valence-corrected chi connectivity index (χ2v) is 19.4. The number of rotatable bonds is 30. The highest BCUT2D eigenvalue weighted by Gasteiger charge is 2.29. The Hall–Kier alpha value is -6.07. The number of unbranched alkanes of at least 4 members (excludes halogenated alkanes) is 2. The highest BCUT2D eigenvalue weighted by atomic mass is 79.9. The summed E-state index contributed by atoms with van der Waals surface area (Å²) in [5, 5.41) is 87.6. The lowest BCUT2D eigenvalue weighted by atomic mass is 10.0. The molecule has 75 heavy (non-hydrogen) atoms. The predicted octanol–water partition coefficient (Wildman–Crippen LogP) is 0.873. The number of nitrogens with zero attached hydrogens (tertiary/aromatic N) is 5. The van der Waals surface area contributed by atoms with E-state index in [0.717, 1.165) is 15.6 Å². The maximum atomic E-state index is 13.6. The van der Waals surface area contributed by atoms with Gasteiger partial charge in [-0.15, -0.1) is 0 Å². The SMILES string of the molecule is O=C(O)CCC(NC(=O)NC(CCCCN(Cc1ccc(Br)cc1)C(=O)CCCCNC(=S)Nc1ccc(CC2CN(CC(=O)O)CCN(CC(=O)O)CCN(CC(O)O)CCN2CC(=O)O)cc1)C(=O)O)C(=O)O. The molecule has 416 valence electrons. The summed E-state index contributed by atoms with van der Waals surface area (Å²) >= 11 is 8.95. The Morgan fingerprint density at radius 1 is 0.640 bits per heavy atom. The molecule has 0 spiro atoms. The molecule has 0 aromatic heterocycles. The van der Waals surface area contributed by atoms with Crippen LogP contribution in [0.25, 0.3) is 0 Å². The molecular formula is C48H70BrN9O16S. The van der Waals surface area contributed by atoms with Gasteiger partial charge in [0, 0.05) is 101 Å². The van der Waals surface area contributed by atoms with Crippen LogP contribution in [0.5, 0.6) is 0 Å². The van der Waals surface area contributed by atoms with Gasteiger partial charge in [0.05, 0.1) is 19.6 Å². The summed E-state index contributed by atoms with van der Waals surface area (Å²) in [6.07, 6.45) is -0.342. The van der Waals surface area contributed by atoms with Crippen molar-refractivity contribution in [3.8, 4) is 0 Å². The maximum Gasteiger partial charge on any atom is 0.326 e. The standard InChI is InChI=1S/C48H70BrN9O16S/c49-34-11-7-33(8-12-34)26-58(18-4-2-5-37(45(70)71)52-47(74)53-38(46(72)73)15-16-40(60)61)39(59)6-1-3-17-50-48(75)51-35-13-9-32(10-14-35)25-36-27-56(30-43(66)67)22-21-54(28-41(62)63)19-20-55(29-42(64)65)23-24-57(36)31-44(68)69/h7-14,36-38,42,64-65H,1-6,15-31H2,(H,60,61)(H,62,63)(H,66,67)(H,68,69)(H,70,71)(H,72,73)(H2,50,51,75)(H2,52,53,74). The summed E-state index contributed by atoms with van der Waals surface area (Å²) in [6, 6.07) is 10.2. The summed E-state index contributed by atoms with van der Waals surface area (Å²) < 4.78 is 0.858. The molecule has 1 saturated heterocycles. The number of aliphatic hydroxyl groups excluding tert-OH is 1. The number of nitrogens with one attached hydrogen (secondary N) is 4. The summed E-state index contributed by atoms with van der Waals surface area (Å²) in [4.78, 5) is 105. The first kappa shape index (κ1) is 63.2. The van der Waals surface area contributed by atoms with E-state index >= 15 is 0 Å². The van der Waals surface area contributed by atoms with Gasteiger partial charge in [-0.2, -0.15) is 0 Å². The number of amides is 3. The van der Waals surface area contributed by atoms with Gasteiger partial charge in [0.25, 0.3) is 0 Å². The van der Waals surface area contributed by atoms with Crippen LogP contribution in [-0.2, 0) is 46.5 Å². The van der Waals surface area contributed by atoms with Gasteiger partial charge in [-0.3, -0.25) is 43.6 Å². The topological polar surface area (TPSA) is 363 Å². The minimum Gasteiger partial charge on any atom is -0.481 e. The Morgan fingerprint density at radius 2 is 1.20 bits per heavy atom. The van der Waals surface area contributed by atoms with Gasteiger partial charge < -0.3 is 67.0 Å². The van der Waals surface area contributed by atoms with Crippen molar-refractivity contribution < 1.29 is 79.2 Å². The highest BCUT2D eigenvalue weighted by Crippen LogP contribution is 2.18. The van der Waals surface area contributed by atoms with E-state index in [2.05, 4.69) is 37.2 Å². The van der Waals surface area contributed by atoms with Gasteiger partial charge in [0.2, 0.25) is 5.91 Å².